The molecule has 25 heavy (non-hydrogen) atoms. The second-order valence-electron chi connectivity index (χ2n) is 6.51. The van der Waals surface area contributed by atoms with E-state index in [1.807, 2.05) is 42.5 Å². The Morgan fingerprint density at radius 3 is 2.76 bits per heavy atom. The lowest BCUT2D eigenvalue weighted by Gasteiger charge is -2.36. The summed E-state index contributed by atoms with van der Waals surface area (Å²) < 4.78 is 5.01. The fourth-order valence-electron chi connectivity index (χ4n) is 4.25. The topological polar surface area (TPSA) is 62.4 Å². The second kappa shape index (κ2) is 4.96. The van der Waals surface area contributed by atoms with E-state index in [0.717, 1.165) is 27.7 Å². The highest BCUT2D eigenvalue weighted by Gasteiger charge is 2.49. The molecule has 3 heterocycles. The lowest BCUT2D eigenvalue weighted by molar-refractivity contribution is -0.146. The molecule has 2 atom stereocenters. The molecule has 2 aromatic carbocycles. The van der Waals surface area contributed by atoms with Crippen molar-refractivity contribution >= 4 is 22.8 Å². The molecule has 2 aliphatic rings. The monoisotopic (exact) mass is 332 g/mol. The minimum Gasteiger partial charge on any atom is -0.467 e. The van der Waals surface area contributed by atoms with Crippen LogP contribution in [0.15, 0.2) is 48.5 Å². The lowest BCUT2D eigenvalue weighted by Crippen LogP contribution is -2.48. The van der Waals surface area contributed by atoms with E-state index in [-0.39, 0.29) is 17.9 Å². The first-order valence-corrected chi connectivity index (χ1v) is 8.29. The van der Waals surface area contributed by atoms with Gasteiger partial charge in [0.25, 0.3) is 5.91 Å². The Hall–Kier alpha value is -3.08. The fraction of sp³-hybridized carbons (Fsp3) is 0.200. The van der Waals surface area contributed by atoms with Crippen molar-refractivity contribution in [3.63, 3.8) is 0 Å². The van der Waals surface area contributed by atoms with Gasteiger partial charge in [0.1, 0.15) is 6.04 Å². The van der Waals surface area contributed by atoms with Crippen molar-refractivity contribution in [3.8, 4) is 0 Å². The molecule has 3 aromatic rings. The quantitative estimate of drug-likeness (QED) is 0.697. The van der Waals surface area contributed by atoms with Gasteiger partial charge in [-0.05, 0) is 23.3 Å². The first-order valence-electron chi connectivity index (χ1n) is 8.29. The van der Waals surface area contributed by atoms with Gasteiger partial charge in [-0.1, -0.05) is 36.4 Å². The number of nitrogens with one attached hydrogen (secondary N) is 1. The summed E-state index contributed by atoms with van der Waals surface area (Å²) in [7, 11) is 1.37. The van der Waals surface area contributed by atoms with Crippen LogP contribution in [0.25, 0.3) is 10.9 Å². The van der Waals surface area contributed by atoms with Gasteiger partial charge >= 0.3 is 5.97 Å². The molecular weight excluding hydrogens is 316 g/mol. The van der Waals surface area contributed by atoms with Gasteiger partial charge in [-0.3, -0.25) is 4.79 Å². The molecule has 5 nitrogen and oxygen atoms in total. The number of H-pyrrole nitrogens is 1. The summed E-state index contributed by atoms with van der Waals surface area (Å²) >= 11 is 0. The van der Waals surface area contributed by atoms with Gasteiger partial charge in [0.15, 0.2) is 0 Å². The van der Waals surface area contributed by atoms with Gasteiger partial charge in [-0.15, -0.1) is 0 Å². The van der Waals surface area contributed by atoms with Crippen molar-refractivity contribution in [1.82, 2.24) is 9.88 Å². The number of carbonyl (C=O) groups excluding carboxylic acids is 2. The number of fused-ring (bicyclic) bond motifs is 7. The number of para-hydroxylation sites is 1. The molecular formula is C20H16N2O3. The Bertz CT molecular complexity index is 1040. The molecule has 2 aliphatic heterocycles. The van der Waals surface area contributed by atoms with Crippen molar-refractivity contribution < 1.29 is 14.3 Å². The number of aromatic nitrogens is 1. The summed E-state index contributed by atoms with van der Waals surface area (Å²) in [5.74, 6) is -0.484. The van der Waals surface area contributed by atoms with Gasteiger partial charge in [-0.25, -0.2) is 4.79 Å². The molecule has 1 N–H and O–H groups in total. The summed E-state index contributed by atoms with van der Waals surface area (Å²) in [5, 5.41) is 1.10. The lowest BCUT2D eigenvalue weighted by atomic mass is 9.90. The molecule has 1 amide bonds. The molecule has 0 aliphatic carbocycles. The van der Waals surface area contributed by atoms with Crippen molar-refractivity contribution in [1.29, 1.82) is 0 Å². The largest absolute Gasteiger partial charge is 0.467 e. The number of carbonyl (C=O) groups is 2. The number of hydrogen-bond donors (Lipinski definition) is 1. The molecule has 0 saturated carbocycles. The van der Waals surface area contributed by atoms with Gasteiger partial charge in [0.2, 0.25) is 0 Å². The highest BCUT2D eigenvalue weighted by atomic mass is 16.5. The standard InChI is InChI=1S/C20H16N2O3/c1-25-20(24)16-10-14-11-6-4-5-9-15(11)21-17(14)18-12-7-2-3-8-13(12)19(23)22(16)18/h2-9,16,18,21H,10H2,1H3/t16-,18?/m0/s1. The maximum atomic E-state index is 13.0. The number of ether oxygens (including phenoxy) is 1. The van der Waals surface area contributed by atoms with Gasteiger partial charge in [0.05, 0.1) is 13.2 Å². The summed E-state index contributed by atoms with van der Waals surface area (Å²) in [6.07, 6.45) is 0.461. The molecule has 0 spiro atoms. The van der Waals surface area contributed by atoms with Crippen LogP contribution in [-0.4, -0.2) is 34.9 Å². The van der Waals surface area contributed by atoms with Crippen molar-refractivity contribution in [2.75, 3.05) is 7.11 Å². The molecule has 1 unspecified atom stereocenters. The van der Waals surface area contributed by atoms with Gasteiger partial charge in [0, 0.05) is 28.6 Å². The number of amides is 1. The van der Waals surface area contributed by atoms with Gasteiger partial charge < -0.3 is 14.6 Å². The number of nitrogens with zero attached hydrogens (tertiary/aromatic N) is 1. The van der Waals surface area contributed by atoms with Crippen LogP contribution in [-0.2, 0) is 16.0 Å². The second-order valence-corrected chi connectivity index (χ2v) is 6.51. The Kier molecular flexibility index (Phi) is 2.83. The average molecular weight is 332 g/mol. The third-order valence-corrected chi connectivity index (χ3v) is 5.33. The van der Waals surface area contributed by atoms with Crippen LogP contribution in [0, 0.1) is 0 Å². The van der Waals surface area contributed by atoms with E-state index >= 15 is 0 Å². The molecule has 0 saturated heterocycles. The zero-order chi connectivity index (χ0) is 17.1. The van der Waals surface area contributed by atoms with Crippen LogP contribution < -0.4 is 0 Å². The molecule has 5 rings (SSSR count). The van der Waals surface area contributed by atoms with Crippen molar-refractivity contribution in [3.05, 3.63) is 70.9 Å². The smallest absolute Gasteiger partial charge is 0.328 e. The van der Waals surface area contributed by atoms with E-state index in [1.54, 1.807) is 4.90 Å². The molecule has 5 heteroatoms. The average Bonchev–Trinajstić information content (AvgIpc) is 3.17. The number of esters is 1. The van der Waals surface area contributed by atoms with Crippen LogP contribution in [0.1, 0.15) is 33.2 Å². The van der Waals surface area contributed by atoms with Crippen LogP contribution in [0.4, 0.5) is 0 Å². The minimum absolute atomic E-state index is 0.111. The molecule has 0 fully saturated rings. The van der Waals surface area contributed by atoms with E-state index in [9.17, 15) is 9.59 Å². The number of methoxy groups -OCH3 is 1. The predicted octanol–water partition coefficient (Wildman–Crippen LogP) is 2.81. The third-order valence-electron chi connectivity index (χ3n) is 5.33. The minimum atomic E-state index is -0.610. The highest BCUT2D eigenvalue weighted by molar-refractivity contribution is 6.03. The van der Waals surface area contributed by atoms with Gasteiger partial charge in [-0.2, -0.15) is 0 Å². The van der Waals surface area contributed by atoms with E-state index in [0.29, 0.717) is 12.0 Å². The van der Waals surface area contributed by atoms with Crippen molar-refractivity contribution in [2.24, 2.45) is 0 Å². The van der Waals surface area contributed by atoms with Crippen LogP contribution in [0.3, 0.4) is 0 Å². The van der Waals surface area contributed by atoms with Crippen molar-refractivity contribution in [2.45, 2.75) is 18.5 Å². The summed E-state index contributed by atoms with van der Waals surface area (Å²) in [6.45, 7) is 0. The predicted molar refractivity (Wildman–Crippen MR) is 92.3 cm³/mol. The Balaban J connectivity index is 1.80. The first kappa shape index (κ1) is 14.3. The van der Waals surface area contributed by atoms with E-state index in [1.165, 1.54) is 7.11 Å². The zero-order valence-electron chi connectivity index (χ0n) is 13.7. The summed E-state index contributed by atoms with van der Waals surface area (Å²) in [6, 6.07) is 14.7. The Morgan fingerprint density at radius 2 is 1.92 bits per heavy atom. The maximum absolute atomic E-state index is 13.0. The van der Waals surface area contributed by atoms with Crippen LogP contribution >= 0.6 is 0 Å². The Labute approximate surface area is 144 Å². The molecule has 0 bridgehead atoms. The molecule has 0 radical (unpaired) electrons. The van der Waals surface area contributed by atoms with E-state index in [4.69, 9.17) is 4.74 Å². The van der Waals surface area contributed by atoms with E-state index in [2.05, 4.69) is 11.1 Å². The van der Waals surface area contributed by atoms with E-state index < -0.39 is 6.04 Å². The highest BCUT2D eigenvalue weighted by Crippen LogP contribution is 2.46. The maximum Gasteiger partial charge on any atom is 0.328 e. The summed E-state index contributed by atoms with van der Waals surface area (Å²) in [5.41, 5.74) is 4.72. The number of aromatic amines is 1. The number of benzene rings is 2. The number of hydrogen-bond acceptors (Lipinski definition) is 3. The molecule has 1 aromatic heterocycles. The summed E-state index contributed by atoms with van der Waals surface area (Å²) in [4.78, 5) is 30.6. The number of rotatable bonds is 1. The SMILES string of the molecule is COC(=O)[C@@H]1Cc2c([nH]c3ccccc23)C2c3ccccc3C(=O)N21. The zero-order valence-corrected chi connectivity index (χ0v) is 13.7. The normalized spacial score (nSPS) is 21.0. The molecule has 124 valence electrons. The first-order chi connectivity index (χ1) is 12.2. The fourth-order valence-corrected chi connectivity index (χ4v) is 4.25. The van der Waals surface area contributed by atoms with Crippen LogP contribution in [0.2, 0.25) is 0 Å². The van der Waals surface area contributed by atoms with Crippen LogP contribution in [0.5, 0.6) is 0 Å². The Morgan fingerprint density at radius 1 is 1.16 bits per heavy atom. The third kappa shape index (κ3) is 1.78.